The van der Waals surface area contributed by atoms with Crippen LogP contribution < -0.4 is 10.9 Å². The van der Waals surface area contributed by atoms with Crippen LogP contribution in [0.25, 0.3) is 0 Å². The molecule has 4 atom stereocenters. The summed E-state index contributed by atoms with van der Waals surface area (Å²) in [5.74, 6) is 2.05. The summed E-state index contributed by atoms with van der Waals surface area (Å²) in [6.45, 7) is 4.25. The molecule has 25 heavy (non-hydrogen) atoms. The van der Waals surface area contributed by atoms with Crippen LogP contribution in [0.2, 0.25) is 0 Å². The maximum Gasteiger partial charge on any atom is 0.375 e. The normalized spacial score (nSPS) is 26.4. The zero-order chi connectivity index (χ0) is 17.8. The summed E-state index contributed by atoms with van der Waals surface area (Å²) < 4.78 is 6.16. The molecule has 3 rings (SSSR count). The second kappa shape index (κ2) is 8.21. The molecular weight excluding hydrogens is 382 g/mol. The minimum absolute atomic E-state index is 0.119. The number of esters is 1. The molecule has 6 heteroatoms. The molecule has 5 nitrogen and oxygen atoms in total. The van der Waals surface area contributed by atoms with Crippen molar-refractivity contribution >= 4 is 33.4 Å². The SMILES string of the molecule is CCOC(=O)C(=N[C@@H](C)[C@H]1C[C@@H]2CC[C@H]1C2)NNc1ccc(Br)cc1. The van der Waals surface area contributed by atoms with E-state index in [1.165, 1.54) is 25.7 Å². The van der Waals surface area contributed by atoms with E-state index in [4.69, 9.17) is 4.74 Å². The van der Waals surface area contributed by atoms with Gasteiger partial charge in [0, 0.05) is 4.47 Å². The smallest absolute Gasteiger partial charge is 0.375 e. The van der Waals surface area contributed by atoms with Gasteiger partial charge in [-0.2, -0.15) is 0 Å². The third kappa shape index (κ3) is 4.54. The number of nitrogens with zero attached hydrogens (tertiary/aromatic N) is 1. The van der Waals surface area contributed by atoms with Crippen LogP contribution in [0.1, 0.15) is 39.5 Å². The van der Waals surface area contributed by atoms with Crippen LogP contribution in [-0.2, 0) is 9.53 Å². The van der Waals surface area contributed by atoms with Crippen LogP contribution in [0.15, 0.2) is 33.7 Å². The van der Waals surface area contributed by atoms with Crippen molar-refractivity contribution in [2.75, 3.05) is 12.0 Å². The fourth-order valence-corrected chi connectivity index (χ4v) is 4.45. The van der Waals surface area contributed by atoms with Crippen molar-refractivity contribution in [1.29, 1.82) is 0 Å². The quantitative estimate of drug-likeness (QED) is 0.333. The number of hydrogen-bond donors (Lipinski definition) is 2. The lowest BCUT2D eigenvalue weighted by molar-refractivity contribution is -0.135. The van der Waals surface area contributed by atoms with E-state index in [-0.39, 0.29) is 11.9 Å². The van der Waals surface area contributed by atoms with Crippen LogP contribution >= 0.6 is 15.9 Å². The predicted molar refractivity (Wildman–Crippen MR) is 103 cm³/mol. The van der Waals surface area contributed by atoms with Crippen molar-refractivity contribution in [2.45, 2.75) is 45.6 Å². The fourth-order valence-electron chi connectivity index (χ4n) is 4.18. The summed E-state index contributed by atoms with van der Waals surface area (Å²) in [4.78, 5) is 17.0. The Morgan fingerprint density at radius 2 is 2.08 bits per heavy atom. The molecule has 136 valence electrons. The Morgan fingerprint density at radius 3 is 2.68 bits per heavy atom. The van der Waals surface area contributed by atoms with E-state index in [1.54, 1.807) is 6.92 Å². The molecule has 2 aliphatic carbocycles. The number of amidine groups is 1. The Morgan fingerprint density at radius 1 is 1.32 bits per heavy atom. The lowest BCUT2D eigenvalue weighted by atomic mass is 9.84. The van der Waals surface area contributed by atoms with Gasteiger partial charge in [-0.3, -0.25) is 15.8 Å². The third-order valence-electron chi connectivity index (χ3n) is 5.38. The number of fused-ring (bicyclic) bond motifs is 2. The highest BCUT2D eigenvalue weighted by Gasteiger charge is 2.42. The molecule has 1 aromatic rings. The predicted octanol–water partition coefficient (Wildman–Crippen LogP) is 4.15. The maximum absolute atomic E-state index is 12.3. The van der Waals surface area contributed by atoms with Gasteiger partial charge < -0.3 is 4.74 Å². The number of hydrazine groups is 1. The summed E-state index contributed by atoms with van der Waals surface area (Å²) in [5.41, 5.74) is 6.84. The number of benzene rings is 1. The average Bonchev–Trinajstić information content (AvgIpc) is 3.23. The number of rotatable bonds is 5. The van der Waals surface area contributed by atoms with E-state index < -0.39 is 5.97 Å². The molecule has 2 saturated carbocycles. The zero-order valence-electron chi connectivity index (χ0n) is 14.8. The molecular formula is C19H26BrN3O2. The second-order valence-corrected chi connectivity index (χ2v) is 7.95. The average molecular weight is 408 g/mol. The van der Waals surface area contributed by atoms with Gasteiger partial charge in [0.2, 0.25) is 5.84 Å². The standard InChI is InChI=1S/C19H26BrN3O2/c1-3-25-19(24)18(23-22-16-8-6-15(20)7-9-16)21-12(2)17-11-13-4-5-14(17)10-13/h6-9,12-14,17,22H,3-5,10-11H2,1-2H3,(H,21,23)/t12-,13+,14-,17+/m0/s1. The number of carbonyl (C=O) groups is 1. The summed E-state index contributed by atoms with van der Waals surface area (Å²) in [6, 6.07) is 7.82. The van der Waals surface area contributed by atoms with Crippen molar-refractivity contribution in [2.24, 2.45) is 22.7 Å². The Hall–Kier alpha value is -1.56. The first-order valence-corrected chi connectivity index (χ1v) is 9.88. The van der Waals surface area contributed by atoms with Crippen LogP contribution in [-0.4, -0.2) is 24.5 Å². The topological polar surface area (TPSA) is 62.7 Å². The van der Waals surface area contributed by atoms with Crippen LogP contribution in [0.4, 0.5) is 5.69 Å². The minimum Gasteiger partial charge on any atom is -0.460 e. The molecule has 0 aliphatic heterocycles. The molecule has 0 unspecified atom stereocenters. The number of anilines is 1. The van der Waals surface area contributed by atoms with Crippen molar-refractivity contribution in [3.63, 3.8) is 0 Å². The summed E-state index contributed by atoms with van der Waals surface area (Å²) in [5, 5.41) is 0. The molecule has 2 aliphatic rings. The van der Waals surface area contributed by atoms with Gasteiger partial charge in [-0.1, -0.05) is 22.4 Å². The molecule has 2 fully saturated rings. The number of halogens is 1. The number of hydrogen-bond acceptors (Lipinski definition) is 4. The first kappa shape index (κ1) is 18.2. The Labute approximate surface area is 157 Å². The van der Waals surface area contributed by atoms with Gasteiger partial charge in [0.05, 0.1) is 18.3 Å². The number of ether oxygens (including phenoxy) is 1. The third-order valence-corrected chi connectivity index (χ3v) is 5.91. The molecule has 0 aromatic heterocycles. The summed E-state index contributed by atoms with van der Waals surface area (Å²) in [7, 11) is 0. The van der Waals surface area contributed by atoms with Gasteiger partial charge in [0.25, 0.3) is 0 Å². The maximum atomic E-state index is 12.3. The molecule has 1 aromatic carbocycles. The van der Waals surface area contributed by atoms with Gasteiger partial charge in [0.15, 0.2) is 0 Å². The van der Waals surface area contributed by atoms with Crippen molar-refractivity contribution < 1.29 is 9.53 Å². The molecule has 2 N–H and O–H groups in total. The minimum atomic E-state index is -0.415. The van der Waals surface area contributed by atoms with Crippen molar-refractivity contribution in [3.05, 3.63) is 28.7 Å². The lowest BCUT2D eigenvalue weighted by Gasteiger charge is -2.26. The lowest BCUT2D eigenvalue weighted by Crippen LogP contribution is -2.38. The van der Waals surface area contributed by atoms with E-state index >= 15 is 0 Å². The molecule has 0 spiro atoms. The van der Waals surface area contributed by atoms with E-state index in [0.717, 1.165) is 22.0 Å². The van der Waals surface area contributed by atoms with Gasteiger partial charge >= 0.3 is 5.97 Å². The molecule has 2 bridgehead atoms. The molecule has 0 saturated heterocycles. The van der Waals surface area contributed by atoms with Gasteiger partial charge in [0.1, 0.15) is 0 Å². The monoisotopic (exact) mass is 407 g/mol. The van der Waals surface area contributed by atoms with Crippen LogP contribution in [0.3, 0.4) is 0 Å². The Bertz CT molecular complexity index is 632. The van der Waals surface area contributed by atoms with E-state index in [2.05, 4.69) is 38.7 Å². The highest BCUT2D eigenvalue weighted by atomic mass is 79.9. The van der Waals surface area contributed by atoms with E-state index in [1.807, 2.05) is 24.3 Å². The highest BCUT2D eigenvalue weighted by Crippen LogP contribution is 2.50. The number of carbonyl (C=O) groups excluding carboxylic acids is 1. The van der Waals surface area contributed by atoms with Gasteiger partial charge in [-0.15, -0.1) is 0 Å². The van der Waals surface area contributed by atoms with Crippen LogP contribution in [0, 0.1) is 17.8 Å². The Kier molecular flexibility index (Phi) is 5.99. The highest BCUT2D eigenvalue weighted by molar-refractivity contribution is 9.10. The largest absolute Gasteiger partial charge is 0.460 e. The molecule has 0 radical (unpaired) electrons. The number of aliphatic imine (C=N–C) groups is 1. The first-order valence-electron chi connectivity index (χ1n) is 9.09. The molecule has 0 amide bonds. The van der Waals surface area contributed by atoms with Gasteiger partial charge in [-0.25, -0.2) is 4.79 Å². The number of nitrogens with one attached hydrogen (secondary N) is 2. The van der Waals surface area contributed by atoms with Crippen molar-refractivity contribution in [1.82, 2.24) is 5.43 Å². The van der Waals surface area contributed by atoms with E-state index in [0.29, 0.717) is 12.5 Å². The fraction of sp³-hybridized carbons (Fsp3) is 0.579. The van der Waals surface area contributed by atoms with Crippen molar-refractivity contribution in [3.8, 4) is 0 Å². The Balaban J connectivity index is 1.67. The summed E-state index contributed by atoms with van der Waals surface area (Å²) in [6.07, 6.45) is 5.26. The zero-order valence-corrected chi connectivity index (χ0v) is 16.4. The second-order valence-electron chi connectivity index (χ2n) is 7.03. The van der Waals surface area contributed by atoms with E-state index in [9.17, 15) is 4.79 Å². The van der Waals surface area contributed by atoms with Gasteiger partial charge in [-0.05, 0) is 75.1 Å². The first-order chi connectivity index (χ1) is 12.1. The summed E-state index contributed by atoms with van der Waals surface area (Å²) >= 11 is 3.41. The van der Waals surface area contributed by atoms with Crippen LogP contribution in [0.5, 0.6) is 0 Å². The molecule has 0 heterocycles.